The Morgan fingerprint density at radius 1 is 1.48 bits per heavy atom. The number of nitrogens with zero attached hydrogens (tertiary/aromatic N) is 3. The van der Waals surface area contributed by atoms with Crippen LogP contribution in [0.3, 0.4) is 0 Å². The number of rotatable bonds is 6. The number of nitriles is 1. The number of thioether (sulfide) groups is 1. The van der Waals surface area contributed by atoms with Crippen molar-refractivity contribution in [2.24, 2.45) is 0 Å². The van der Waals surface area contributed by atoms with E-state index in [1.165, 1.54) is 11.8 Å². The van der Waals surface area contributed by atoms with Gasteiger partial charge in [0.05, 0.1) is 12.2 Å². The van der Waals surface area contributed by atoms with Gasteiger partial charge in [0, 0.05) is 11.8 Å². The van der Waals surface area contributed by atoms with Crippen molar-refractivity contribution in [3.05, 3.63) is 40.3 Å². The second kappa shape index (κ2) is 6.99. The fourth-order valence-electron chi connectivity index (χ4n) is 1.82. The van der Waals surface area contributed by atoms with E-state index in [0.29, 0.717) is 28.8 Å². The first-order chi connectivity index (χ1) is 10.1. The number of H-pyrrole nitrogens is 1. The van der Waals surface area contributed by atoms with Gasteiger partial charge in [-0.05, 0) is 26.0 Å². The third-order valence-electron chi connectivity index (χ3n) is 2.77. The van der Waals surface area contributed by atoms with E-state index in [4.69, 9.17) is 10.00 Å². The smallest absolute Gasteiger partial charge is 0.344 e. The van der Waals surface area contributed by atoms with Crippen LogP contribution < -0.4 is 10.4 Å². The minimum atomic E-state index is -0.205. The standard InChI is InChI=1S/C14H16N4O2S/c1-10(2)18-13(19)16-17-14(18)21-8-7-20-12-6-4-3-5-11(12)9-15/h3-6,10H,7-8H2,1-2H3,(H,16,19). The van der Waals surface area contributed by atoms with Crippen molar-refractivity contribution in [2.75, 3.05) is 12.4 Å². The molecule has 0 saturated heterocycles. The van der Waals surface area contributed by atoms with Gasteiger partial charge in [0.2, 0.25) is 0 Å². The number of hydrogen-bond donors (Lipinski definition) is 1. The second-order valence-electron chi connectivity index (χ2n) is 4.58. The molecule has 0 unspecified atom stereocenters. The van der Waals surface area contributed by atoms with Crippen molar-refractivity contribution < 1.29 is 4.74 Å². The summed E-state index contributed by atoms with van der Waals surface area (Å²) < 4.78 is 7.19. The highest BCUT2D eigenvalue weighted by molar-refractivity contribution is 7.99. The Hall–Kier alpha value is -2.20. The topological polar surface area (TPSA) is 83.7 Å². The third kappa shape index (κ3) is 3.67. The van der Waals surface area contributed by atoms with Crippen LogP contribution in [-0.4, -0.2) is 27.1 Å². The van der Waals surface area contributed by atoms with Gasteiger partial charge >= 0.3 is 5.69 Å². The Morgan fingerprint density at radius 2 is 2.24 bits per heavy atom. The summed E-state index contributed by atoms with van der Waals surface area (Å²) in [6.45, 7) is 4.30. The van der Waals surface area contributed by atoms with Gasteiger partial charge < -0.3 is 4.74 Å². The van der Waals surface area contributed by atoms with Gasteiger partial charge in [0.15, 0.2) is 5.16 Å². The Morgan fingerprint density at radius 3 is 2.95 bits per heavy atom. The summed E-state index contributed by atoms with van der Waals surface area (Å²) in [4.78, 5) is 11.6. The highest BCUT2D eigenvalue weighted by Crippen LogP contribution is 2.19. The van der Waals surface area contributed by atoms with Crippen LogP contribution in [-0.2, 0) is 0 Å². The Balaban J connectivity index is 1.91. The number of aromatic nitrogens is 3. The molecular weight excluding hydrogens is 288 g/mol. The van der Waals surface area contributed by atoms with Gasteiger partial charge in [-0.1, -0.05) is 23.9 Å². The van der Waals surface area contributed by atoms with Crippen molar-refractivity contribution in [1.29, 1.82) is 5.26 Å². The van der Waals surface area contributed by atoms with Crippen molar-refractivity contribution in [3.63, 3.8) is 0 Å². The number of para-hydroxylation sites is 1. The van der Waals surface area contributed by atoms with E-state index in [1.807, 2.05) is 19.9 Å². The molecule has 0 radical (unpaired) electrons. The molecule has 0 amide bonds. The SMILES string of the molecule is CC(C)n1c(SCCOc2ccccc2C#N)n[nH]c1=O. The number of benzene rings is 1. The lowest BCUT2D eigenvalue weighted by Gasteiger charge is -2.09. The monoisotopic (exact) mass is 304 g/mol. The zero-order valence-corrected chi connectivity index (χ0v) is 12.7. The maximum absolute atomic E-state index is 11.6. The van der Waals surface area contributed by atoms with Gasteiger partial charge in [-0.2, -0.15) is 5.26 Å². The summed E-state index contributed by atoms with van der Waals surface area (Å²) in [6.07, 6.45) is 0. The lowest BCUT2D eigenvalue weighted by Crippen LogP contribution is -2.19. The lowest BCUT2D eigenvalue weighted by molar-refractivity contribution is 0.342. The van der Waals surface area contributed by atoms with Crippen LogP contribution in [0.15, 0.2) is 34.2 Å². The number of aromatic amines is 1. The first kappa shape index (κ1) is 15.2. The second-order valence-corrected chi connectivity index (χ2v) is 5.64. The normalized spacial score (nSPS) is 10.6. The van der Waals surface area contributed by atoms with Crippen molar-refractivity contribution in [2.45, 2.75) is 25.0 Å². The number of ether oxygens (including phenoxy) is 1. The summed E-state index contributed by atoms with van der Waals surface area (Å²) in [7, 11) is 0. The maximum atomic E-state index is 11.6. The minimum Gasteiger partial charge on any atom is -0.491 e. The predicted octanol–water partition coefficient (Wildman–Crippen LogP) is 2.20. The predicted molar refractivity (Wildman–Crippen MR) is 80.6 cm³/mol. The molecule has 0 saturated carbocycles. The summed E-state index contributed by atoms with van der Waals surface area (Å²) >= 11 is 1.44. The van der Waals surface area contributed by atoms with Gasteiger partial charge in [-0.15, -0.1) is 5.10 Å². The Bertz CT molecular complexity index is 699. The fraction of sp³-hybridized carbons (Fsp3) is 0.357. The number of nitrogens with one attached hydrogen (secondary N) is 1. The summed E-state index contributed by atoms with van der Waals surface area (Å²) in [5.41, 5.74) is 0.310. The first-order valence-corrected chi connectivity index (χ1v) is 7.53. The molecule has 1 aromatic carbocycles. The quantitative estimate of drug-likeness (QED) is 0.653. The molecule has 1 N–H and O–H groups in total. The lowest BCUT2D eigenvalue weighted by atomic mass is 10.2. The molecule has 2 aromatic rings. The molecule has 6 nitrogen and oxygen atoms in total. The molecule has 1 heterocycles. The Kier molecular flexibility index (Phi) is 5.06. The van der Waals surface area contributed by atoms with Crippen molar-refractivity contribution in [3.8, 4) is 11.8 Å². The van der Waals surface area contributed by atoms with Gasteiger partial charge in [-0.25, -0.2) is 9.89 Å². The van der Waals surface area contributed by atoms with E-state index in [2.05, 4.69) is 16.3 Å². The van der Waals surface area contributed by atoms with E-state index < -0.39 is 0 Å². The van der Waals surface area contributed by atoms with Crippen molar-refractivity contribution in [1.82, 2.24) is 14.8 Å². The van der Waals surface area contributed by atoms with Crippen LogP contribution in [0.5, 0.6) is 5.75 Å². The molecular formula is C14H16N4O2S. The van der Waals surface area contributed by atoms with E-state index in [1.54, 1.807) is 22.8 Å². The van der Waals surface area contributed by atoms with Crippen LogP contribution in [0.25, 0.3) is 0 Å². The van der Waals surface area contributed by atoms with Crippen LogP contribution in [0.4, 0.5) is 0 Å². The Labute approximate surface area is 126 Å². The van der Waals surface area contributed by atoms with Gasteiger partial charge in [-0.3, -0.25) is 4.57 Å². The fourth-order valence-corrected chi connectivity index (χ4v) is 2.71. The molecule has 0 aliphatic rings. The summed E-state index contributed by atoms with van der Waals surface area (Å²) in [5, 5.41) is 16.1. The van der Waals surface area contributed by atoms with E-state index in [0.717, 1.165) is 0 Å². The summed E-state index contributed by atoms with van der Waals surface area (Å²) in [6, 6.07) is 9.25. The zero-order chi connectivity index (χ0) is 15.2. The molecule has 110 valence electrons. The average molecular weight is 304 g/mol. The molecule has 0 atom stereocenters. The average Bonchev–Trinajstić information content (AvgIpc) is 2.85. The van der Waals surface area contributed by atoms with Crippen molar-refractivity contribution >= 4 is 11.8 Å². The molecule has 7 heteroatoms. The largest absolute Gasteiger partial charge is 0.491 e. The van der Waals surface area contributed by atoms with Gasteiger partial charge in [0.1, 0.15) is 11.8 Å². The molecule has 2 rings (SSSR count). The molecule has 0 aliphatic carbocycles. The molecule has 21 heavy (non-hydrogen) atoms. The van der Waals surface area contributed by atoms with Crippen LogP contribution in [0.2, 0.25) is 0 Å². The molecule has 0 aliphatic heterocycles. The van der Waals surface area contributed by atoms with Crippen LogP contribution in [0.1, 0.15) is 25.5 Å². The molecule has 1 aromatic heterocycles. The molecule has 0 bridgehead atoms. The molecule has 0 spiro atoms. The number of hydrogen-bond acceptors (Lipinski definition) is 5. The van der Waals surface area contributed by atoms with E-state index >= 15 is 0 Å². The third-order valence-corrected chi connectivity index (χ3v) is 3.69. The van der Waals surface area contributed by atoms with E-state index in [-0.39, 0.29) is 11.7 Å². The molecule has 0 fully saturated rings. The van der Waals surface area contributed by atoms with Crippen LogP contribution >= 0.6 is 11.8 Å². The zero-order valence-electron chi connectivity index (χ0n) is 11.9. The highest BCUT2D eigenvalue weighted by atomic mass is 32.2. The summed E-state index contributed by atoms with van der Waals surface area (Å²) in [5.74, 6) is 1.21. The highest BCUT2D eigenvalue weighted by Gasteiger charge is 2.11. The van der Waals surface area contributed by atoms with Gasteiger partial charge in [0.25, 0.3) is 0 Å². The maximum Gasteiger partial charge on any atom is 0.344 e. The van der Waals surface area contributed by atoms with E-state index in [9.17, 15) is 4.79 Å². The van der Waals surface area contributed by atoms with Crippen LogP contribution in [0, 0.1) is 11.3 Å². The first-order valence-electron chi connectivity index (χ1n) is 6.55. The minimum absolute atomic E-state index is 0.0546.